The second-order valence-electron chi connectivity index (χ2n) is 7.54. The zero-order valence-corrected chi connectivity index (χ0v) is 16.3. The molecule has 3 rings (SSSR count). The van der Waals surface area contributed by atoms with E-state index in [4.69, 9.17) is 0 Å². The Labute approximate surface area is 163 Å². The van der Waals surface area contributed by atoms with E-state index in [9.17, 15) is 5.11 Å². The van der Waals surface area contributed by atoms with Crippen molar-refractivity contribution in [3.63, 3.8) is 0 Å². The Morgan fingerprint density at radius 3 is 1.81 bits per heavy atom. The topological polar surface area (TPSA) is 23.5 Å². The summed E-state index contributed by atoms with van der Waals surface area (Å²) >= 11 is 0. The second kappa shape index (κ2) is 8.98. The summed E-state index contributed by atoms with van der Waals surface area (Å²) in [6, 6.07) is 30.8. The molecule has 0 saturated heterocycles. The first kappa shape index (κ1) is 19.3. The third-order valence-electron chi connectivity index (χ3n) is 5.29. The van der Waals surface area contributed by atoms with E-state index in [0.29, 0.717) is 6.42 Å². The first-order valence-corrected chi connectivity index (χ1v) is 9.62. The number of benzene rings is 3. The van der Waals surface area contributed by atoms with E-state index in [1.54, 1.807) is 0 Å². The average Bonchev–Trinajstić information content (AvgIpc) is 2.70. The maximum Gasteiger partial charge on any atom is 0.0974 e. The van der Waals surface area contributed by atoms with Crippen LogP contribution in [0, 0.1) is 5.92 Å². The van der Waals surface area contributed by atoms with E-state index in [0.717, 1.165) is 24.2 Å². The lowest BCUT2D eigenvalue weighted by atomic mass is 9.77. The maximum atomic E-state index is 11.8. The van der Waals surface area contributed by atoms with Crippen LogP contribution in [0.5, 0.6) is 0 Å². The van der Waals surface area contributed by atoms with Gasteiger partial charge in [-0.1, -0.05) is 97.9 Å². The fraction of sp³-hybridized carbons (Fsp3) is 0.280. The molecule has 3 aromatic rings. The lowest BCUT2D eigenvalue weighted by Gasteiger charge is -2.37. The third-order valence-corrected chi connectivity index (χ3v) is 5.29. The summed E-state index contributed by atoms with van der Waals surface area (Å²) in [7, 11) is 2.12. The van der Waals surface area contributed by atoms with Crippen molar-refractivity contribution >= 4 is 0 Å². The highest BCUT2D eigenvalue weighted by Crippen LogP contribution is 2.34. The van der Waals surface area contributed by atoms with Crippen LogP contribution in [0.4, 0.5) is 0 Å². The molecule has 0 spiro atoms. The molecule has 0 heterocycles. The average molecular weight is 360 g/mol. The fourth-order valence-corrected chi connectivity index (χ4v) is 3.77. The summed E-state index contributed by atoms with van der Waals surface area (Å²) in [5.41, 5.74) is 2.52. The highest BCUT2D eigenvalue weighted by molar-refractivity contribution is 5.28. The minimum atomic E-state index is -0.909. The van der Waals surface area contributed by atoms with Crippen LogP contribution in [-0.4, -0.2) is 23.6 Å². The number of hydrogen-bond acceptors (Lipinski definition) is 2. The summed E-state index contributed by atoms with van der Waals surface area (Å²) < 4.78 is 0. The molecular weight excluding hydrogens is 330 g/mol. The minimum Gasteiger partial charge on any atom is -0.384 e. The first-order valence-electron chi connectivity index (χ1n) is 9.62. The Morgan fingerprint density at radius 2 is 1.26 bits per heavy atom. The minimum absolute atomic E-state index is 0.0776. The summed E-state index contributed by atoms with van der Waals surface area (Å²) in [5, 5.41) is 11.8. The Hall–Kier alpha value is -2.42. The van der Waals surface area contributed by atoms with Gasteiger partial charge in [-0.05, 0) is 23.7 Å². The van der Waals surface area contributed by atoms with Crippen LogP contribution in [0.1, 0.15) is 23.6 Å². The van der Waals surface area contributed by atoms with Crippen LogP contribution in [0.2, 0.25) is 0 Å². The molecule has 2 nitrogen and oxygen atoms in total. The molecule has 2 heteroatoms. The molecule has 0 bridgehead atoms. The van der Waals surface area contributed by atoms with E-state index < -0.39 is 5.60 Å². The van der Waals surface area contributed by atoms with Crippen molar-refractivity contribution < 1.29 is 5.11 Å². The van der Waals surface area contributed by atoms with Crippen LogP contribution < -0.4 is 0 Å². The summed E-state index contributed by atoms with van der Waals surface area (Å²) in [5.74, 6) is 0.0776. The Morgan fingerprint density at radius 1 is 0.778 bits per heavy atom. The van der Waals surface area contributed by atoms with E-state index >= 15 is 0 Å². The molecule has 140 valence electrons. The van der Waals surface area contributed by atoms with Crippen LogP contribution in [-0.2, 0) is 18.6 Å². The number of nitrogens with zero attached hydrogens (tertiary/aromatic N) is 1. The van der Waals surface area contributed by atoms with E-state index in [1.807, 2.05) is 54.6 Å². The van der Waals surface area contributed by atoms with Crippen molar-refractivity contribution in [2.24, 2.45) is 5.92 Å². The standard InChI is InChI=1S/C25H29NO/c1-21(19-26(2)20-23-14-8-4-9-15-23)25(27,24-16-10-5-11-17-24)18-22-12-6-3-7-13-22/h3-17,21,27H,18-20H2,1-2H3/t21-,25+/m1/s1. The van der Waals surface area contributed by atoms with Crippen LogP contribution in [0.15, 0.2) is 91.0 Å². The molecule has 0 aromatic heterocycles. The van der Waals surface area contributed by atoms with Gasteiger partial charge >= 0.3 is 0 Å². The maximum absolute atomic E-state index is 11.8. The second-order valence-corrected chi connectivity index (χ2v) is 7.54. The summed E-state index contributed by atoms with van der Waals surface area (Å²) in [6.45, 7) is 3.84. The molecule has 0 amide bonds. The smallest absolute Gasteiger partial charge is 0.0974 e. The molecule has 2 atom stereocenters. The van der Waals surface area contributed by atoms with E-state index in [-0.39, 0.29) is 5.92 Å². The van der Waals surface area contributed by atoms with Crippen molar-refractivity contribution in [2.45, 2.75) is 25.5 Å². The van der Waals surface area contributed by atoms with Crippen molar-refractivity contribution in [2.75, 3.05) is 13.6 Å². The van der Waals surface area contributed by atoms with Crippen LogP contribution in [0.3, 0.4) is 0 Å². The molecule has 0 radical (unpaired) electrons. The zero-order valence-electron chi connectivity index (χ0n) is 16.3. The largest absolute Gasteiger partial charge is 0.384 e. The van der Waals surface area contributed by atoms with Gasteiger partial charge in [0.25, 0.3) is 0 Å². The predicted molar refractivity (Wildman–Crippen MR) is 112 cm³/mol. The SMILES string of the molecule is C[C@H](CN(C)Cc1ccccc1)[C@@](O)(Cc1ccccc1)c1ccccc1. The van der Waals surface area contributed by atoms with Gasteiger partial charge in [-0.2, -0.15) is 0 Å². The number of rotatable bonds is 8. The Kier molecular flexibility index (Phi) is 6.44. The quantitative estimate of drug-likeness (QED) is 0.619. The van der Waals surface area contributed by atoms with Gasteiger partial charge in [-0.25, -0.2) is 0 Å². The molecule has 1 N–H and O–H groups in total. The van der Waals surface area contributed by atoms with Crippen molar-refractivity contribution in [3.05, 3.63) is 108 Å². The van der Waals surface area contributed by atoms with Gasteiger partial charge in [0.1, 0.15) is 0 Å². The highest BCUT2D eigenvalue weighted by Gasteiger charge is 2.36. The van der Waals surface area contributed by atoms with Gasteiger partial charge in [-0.3, -0.25) is 0 Å². The highest BCUT2D eigenvalue weighted by atomic mass is 16.3. The van der Waals surface area contributed by atoms with Gasteiger partial charge in [0.15, 0.2) is 0 Å². The fourth-order valence-electron chi connectivity index (χ4n) is 3.77. The monoisotopic (exact) mass is 359 g/mol. The molecule has 0 saturated carbocycles. The number of hydrogen-bond donors (Lipinski definition) is 1. The molecule has 3 aromatic carbocycles. The first-order chi connectivity index (χ1) is 13.1. The van der Waals surface area contributed by atoms with Crippen molar-refractivity contribution in [1.82, 2.24) is 4.90 Å². The molecule has 0 aliphatic rings. The summed E-state index contributed by atoms with van der Waals surface area (Å²) in [4.78, 5) is 2.29. The van der Waals surface area contributed by atoms with Gasteiger partial charge in [0, 0.05) is 25.4 Å². The molecular formula is C25H29NO. The normalized spacial score (nSPS) is 14.7. The zero-order chi connectivity index (χ0) is 19.1. The van der Waals surface area contributed by atoms with Crippen LogP contribution >= 0.6 is 0 Å². The Bertz CT molecular complexity index is 804. The van der Waals surface area contributed by atoms with Crippen molar-refractivity contribution in [3.8, 4) is 0 Å². The van der Waals surface area contributed by atoms with E-state index in [2.05, 4.69) is 55.3 Å². The lowest BCUT2D eigenvalue weighted by Crippen LogP contribution is -2.41. The van der Waals surface area contributed by atoms with Gasteiger partial charge in [-0.15, -0.1) is 0 Å². The third kappa shape index (κ3) is 5.06. The summed E-state index contributed by atoms with van der Waals surface area (Å²) in [6.07, 6.45) is 0.609. The van der Waals surface area contributed by atoms with Gasteiger partial charge < -0.3 is 10.0 Å². The predicted octanol–water partition coefficient (Wildman–Crippen LogP) is 4.89. The van der Waals surface area contributed by atoms with E-state index in [1.165, 1.54) is 5.56 Å². The van der Waals surface area contributed by atoms with Crippen molar-refractivity contribution in [1.29, 1.82) is 0 Å². The lowest BCUT2D eigenvalue weighted by molar-refractivity contribution is -0.0282. The van der Waals surface area contributed by atoms with Gasteiger partial charge in [0.05, 0.1) is 5.60 Å². The Balaban J connectivity index is 1.79. The van der Waals surface area contributed by atoms with Crippen LogP contribution in [0.25, 0.3) is 0 Å². The van der Waals surface area contributed by atoms with Gasteiger partial charge in [0.2, 0.25) is 0 Å². The molecule has 0 fully saturated rings. The number of aliphatic hydroxyl groups is 1. The molecule has 27 heavy (non-hydrogen) atoms. The molecule has 0 aliphatic carbocycles. The molecule has 0 aliphatic heterocycles. The molecule has 0 unspecified atom stereocenters.